The average Bonchev–Trinajstić information content (AvgIpc) is 2.77. The molecular weight excluding hydrogens is 219 g/mol. The number of nitrogens with one attached hydrogen (secondary N) is 1. The lowest BCUT2D eigenvalue weighted by atomic mass is 10.1. The number of primary amides is 1. The van der Waals surface area contributed by atoms with Gasteiger partial charge in [-0.2, -0.15) is 0 Å². The molecule has 0 atom stereocenters. The van der Waals surface area contributed by atoms with Gasteiger partial charge in [0, 0.05) is 22.9 Å². The Hall–Kier alpha value is -1.58. The van der Waals surface area contributed by atoms with Gasteiger partial charge in [0.05, 0.1) is 0 Å². The summed E-state index contributed by atoms with van der Waals surface area (Å²) in [6.07, 6.45) is 4.60. The van der Waals surface area contributed by atoms with Gasteiger partial charge in [-0.25, -0.2) is 4.39 Å². The van der Waals surface area contributed by atoms with Gasteiger partial charge in [-0.15, -0.1) is 0 Å². The number of anilines is 1. The van der Waals surface area contributed by atoms with E-state index in [4.69, 9.17) is 5.73 Å². The fraction of sp³-hybridized carbons (Fsp3) is 0.462. The van der Waals surface area contributed by atoms with E-state index in [1.54, 1.807) is 13.0 Å². The zero-order valence-corrected chi connectivity index (χ0v) is 9.92. The van der Waals surface area contributed by atoms with Crippen LogP contribution in [0.4, 0.5) is 10.1 Å². The number of halogens is 1. The van der Waals surface area contributed by atoms with Gasteiger partial charge < -0.3 is 11.1 Å². The van der Waals surface area contributed by atoms with E-state index in [9.17, 15) is 9.18 Å². The van der Waals surface area contributed by atoms with Crippen LogP contribution in [0, 0.1) is 12.7 Å². The summed E-state index contributed by atoms with van der Waals surface area (Å²) in [6, 6.07) is 3.22. The lowest BCUT2D eigenvalue weighted by Gasteiger charge is -2.16. The van der Waals surface area contributed by atoms with Crippen LogP contribution in [0.1, 0.15) is 41.6 Å². The fourth-order valence-corrected chi connectivity index (χ4v) is 2.26. The third-order valence-corrected chi connectivity index (χ3v) is 3.34. The summed E-state index contributed by atoms with van der Waals surface area (Å²) in [4.78, 5) is 11.1. The van der Waals surface area contributed by atoms with Crippen molar-refractivity contribution in [3.05, 3.63) is 29.1 Å². The Balaban J connectivity index is 2.27. The second-order valence-corrected chi connectivity index (χ2v) is 4.62. The largest absolute Gasteiger partial charge is 0.382 e. The van der Waals surface area contributed by atoms with E-state index in [1.807, 2.05) is 0 Å². The van der Waals surface area contributed by atoms with Crippen LogP contribution in [0.5, 0.6) is 0 Å². The van der Waals surface area contributed by atoms with Gasteiger partial charge in [0.1, 0.15) is 5.82 Å². The summed E-state index contributed by atoms with van der Waals surface area (Å²) >= 11 is 0. The lowest BCUT2D eigenvalue weighted by Crippen LogP contribution is -2.17. The highest BCUT2D eigenvalue weighted by molar-refractivity contribution is 5.94. The molecule has 0 aromatic heterocycles. The molecule has 92 valence electrons. The van der Waals surface area contributed by atoms with Gasteiger partial charge >= 0.3 is 0 Å². The monoisotopic (exact) mass is 236 g/mol. The molecule has 1 aliphatic rings. The number of carbonyl (C=O) groups excluding carboxylic acids is 1. The molecule has 4 heteroatoms. The Morgan fingerprint density at radius 2 is 2.06 bits per heavy atom. The SMILES string of the molecule is Cc1c(F)cc(C(N)=O)cc1NC1CCCC1. The molecule has 1 aliphatic carbocycles. The fourth-order valence-electron chi connectivity index (χ4n) is 2.26. The normalized spacial score (nSPS) is 16.1. The quantitative estimate of drug-likeness (QED) is 0.847. The highest BCUT2D eigenvalue weighted by atomic mass is 19.1. The first-order valence-electron chi connectivity index (χ1n) is 5.94. The molecule has 0 saturated heterocycles. The Labute approximate surface area is 100 Å². The van der Waals surface area contributed by atoms with Crippen LogP contribution in [0.2, 0.25) is 0 Å². The molecular formula is C13H17FN2O. The van der Waals surface area contributed by atoms with E-state index < -0.39 is 5.91 Å². The predicted molar refractivity (Wildman–Crippen MR) is 65.5 cm³/mol. The number of amides is 1. The Kier molecular flexibility index (Phi) is 3.31. The maximum absolute atomic E-state index is 13.6. The minimum Gasteiger partial charge on any atom is -0.382 e. The van der Waals surface area contributed by atoms with Crippen molar-refractivity contribution in [1.82, 2.24) is 0 Å². The van der Waals surface area contributed by atoms with Crippen molar-refractivity contribution in [2.24, 2.45) is 5.73 Å². The van der Waals surface area contributed by atoms with Crippen LogP contribution >= 0.6 is 0 Å². The summed E-state index contributed by atoms with van der Waals surface area (Å²) in [6.45, 7) is 1.71. The Morgan fingerprint density at radius 1 is 1.41 bits per heavy atom. The maximum atomic E-state index is 13.6. The van der Waals surface area contributed by atoms with Crippen LogP contribution in [-0.2, 0) is 0 Å². The molecule has 0 unspecified atom stereocenters. The smallest absolute Gasteiger partial charge is 0.248 e. The maximum Gasteiger partial charge on any atom is 0.248 e. The van der Waals surface area contributed by atoms with Crippen LogP contribution in [0.25, 0.3) is 0 Å². The molecule has 2 rings (SSSR count). The van der Waals surface area contributed by atoms with E-state index in [0.29, 0.717) is 17.3 Å². The highest BCUT2D eigenvalue weighted by Crippen LogP contribution is 2.26. The van der Waals surface area contributed by atoms with E-state index >= 15 is 0 Å². The Bertz CT molecular complexity index is 439. The molecule has 0 radical (unpaired) electrons. The second kappa shape index (κ2) is 4.73. The molecule has 1 amide bonds. The summed E-state index contributed by atoms with van der Waals surface area (Å²) in [7, 11) is 0. The number of carbonyl (C=O) groups is 1. The minimum atomic E-state index is -0.599. The number of hydrogen-bond donors (Lipinski definition) is 2. The van der Waals surface area contributed by atoms with Crippen LogP contribution < -0.4 is 11.1 Å². The summed E-state index contributed by atoms with van der Waals surface area (Å²) < 4.78 is 13.6. The van der Waals surface area contributed by atoms with E-state index in [1.165, 1.54) is 18.9 Å². The van der Waals surface area contributed by atoms with Crippen LogP contribution in [0.15, 0.2) is 12.1 Å². The van der Waals surface area contributed by atoms with E-state index in [0.717, 1.165) is 12.8 Å². The zero-order chi connectivity index (χ0) is 12.4. The first kappa shape index (κ1) is 11.9. The number of benzene rings is 1. The number of rotatable bonds is 3. The van der Waals surface area contributed by atoms with Gasteiger partial charge in [-0.3, -0.25) is 4.79 Å². The number of nitrogens with two attached hydrogens (primary N) is 1. The van der Waals surface area contributed by atoms with Gasteiger partial charge in [0.25, 0.3) is 0 Å². The van der Waals surface area contributed by atoms with E-state index in [2.05, 4.69) is 5.32 Å². The van der Waals surface area contributed by atoms with Gasteiger partial charge in [-0.05, 0) is 31.9 Å². The standard InChI is InChI=1S/C13H17FN2O/c1-8-11(14)6-9(13(15)17)7-12(8)16-10-4-2-3-5-10/h6-7,10,16H,2-5H2,1H3,(H2,15,17). The van der Waals surface area contributed by atoms with Gasteiger partial charge in [-0.1, -0.05) is 12.8 Å². The third kappa shape index (κ3) is 2.57. The van der Waals surface area contributed by atoms with E-state index in [-0.39, 0.29) is 11.4 Å². The molecule has 1 aromatic carbocycles. The summed E-state index contributed by atoms with van der Waals surface area (Å²) in [5.41, 5.74) is 6.62. The summed E-state index contributed by atoms with van der Waals surface area (Å²) in [5, 5.41) is 3.30. The molecule has 3 N–H and O–H groups in total. The van der Waals surface area contributed by atoms with Crippen LogP contribution in [0.3, 0.4) is 0 Å². The molecule has 1 saturated carbocycles. The first-order chi connectivity index (χ1) is 8.08. The van der Waals surface area contributed by atoms with Crippen molar-refractivity contribution in [1.29, 1.82) is 0 Å². The molecule has 0 heterocycles. The lowest BCUT2D eigenvalue weighted by molar-refractivity contribution is 0.1000. The summed E-state index contributed by atoms with van der Waals surface area (Å²) in [5.74, 6) is -0.986. The predicted octanol–water partition coefficient (Wildman–Crippen LogP) is 2.59. The van der Waals surface area contributed by atoms with Crippen molar-refractivity contribution in [3.63, 3.8) is 0 Å². The zero-order valence-electron chi connectivity index (χ0n) is 9.92. The number of hydrogen-bond acceptors (Lipinski definition) is 2. The molecule has 1 fully saturated rings. The second-order valence-electron chi connectivity index (χ2n) is 4.62. The molecule has 0 bridgehead atoms. The molecule has 1 aromatic rings. The van der Waals surface area contributed by atoms with Crippen molar-refractivity contribution in [3.8, 4) is 0 Å². The molecule has 0 spiro atoms. The topological polar surface area (TPSA) is 55.1 Å². The van der Waals surface area contributed by atoms with Gasteiger partial charge in [0.15, 0.2) is 0 Å². The molecule has 3 nitrogen and oxygen atoms in total. The average molecular weight is 236 g/mol. The molecule has 17 heavy (non-hydrogen) atoms. The van der Waals surface area contributed by atoms with Crippen molar-refractivity contribution >= 4 is 11.6 Å². The minimum absolute atomic E-state index is 0.216. The van der Waals surface area contributed by atoms with Crippen molar-refractivity contribution in [2.45, 2.75) is 38.6 Å². The Morgan fingerprint density at radius 3 is 2.65 bits per heavy atom. The van der Waals surface area contributed by atoms with Crippen LogP contribution in [-0.4, -0.2) is 11.9 Å². The van der Waals surface area contributed by atoms with Crippen molar-refractivity contribution in [2.75, 3.05) is 5.32 Å². The highest BCUT2D eigenvalue weighted by Gasteiger charge is 2.17. The van der Waals surface area contributed by atoms with Crippen molar-refractivity contribution < 1.29 is 9.18 Å². The molecule has 0 aliphatic heterocycles. The third-order valence-electron chi connectivity index (χ3n) is 3.34. The van der Waals surface area contributed by atoms with Gasteiger partial charge in [0.2, 0.25) is 5.91 Å². The first-order valence-corrected chi connectivity index (χ1v) is 5.94.